The van der Waals surface area contributed by atoms with E-state index in [9.17, 15) is 4.79 Å². The molecular weight excluding hydrogens is 366 g/mol. The van der Waals surface area contributed by atoms with Gasteiger partial charge in [-0.1, -0.05) is 90.6 Å². The molecular formula is C24H21NO2S. The lowest BCUT2D eigenvalue weighted by molar-refractivity contribution is 0.183. The van der Waals surface area contributed by atoms with Crippen LogP contribution in [0.15, 0.2) is 101 Å². The summed E-state index contributed by atoms with van der Waals surface area (Å²) >= 11 is 1.65. The van der Waals surface area contributed by atoms with Crippen LogP contribution in [0, 0.1) is 0 Å². The Morgan fingerprint density at radius 2 is 1.43 bits per heavy atom. The van der Waals surface area contributed by atoms with Crippen LogP contribution in [0.5, 0.6) is 0 Å². The van der Waals surface area contributed by atoms with Crippen molar-refractivity contribution in [2.75, 3.05) is 0 Å². The van der Waals surface area contributed by atoms with Crippen molar-refractivity contribution in [2.45, 2.75) is 23.8 Å². The highest BCUT2D eigenvalue weighted by Gasteiger charge is 2.30. The molecule has 3 nitrogen and oxygen atoms in total. The molecule has 1 atom stereocenters. The Labute approximate surface area is 169 Å². The number of nitrogens with one attached hydrogen (secondary N) is 1. The minimum absolute atomic E-state index is 0.0955. The van der Waals surface area contributed by atoms with E-state index in [1.165, 1.54) is 5.56 Å². The molecule has 0 aromatic heterocycles. The Hall–Kier alpha value is -2.98. The van der Waals surface area contributed by atoms with E-state index in [4.69, 9.17) is 4.74 Å². The summed E-state index contributed by atoms with van der Waals surface area (Å²) in [6, 6.07) is 30.3. The Bertz CT molecular complexity index is 956. The molecule has 0 spiro atoms. The molecule has 28 heavy (non-hydrogen) atoms. The van der Waals surface area contributed by atoms with Gasteiger partial charge in [0.1, 0.15) is 0 Å². The number of carbonyl (C=O) groups is 1. The molecule has 1 aliphatic heterocycles. The number of hydrogen-bond acceptors (Lipinski definition) is 3. The minimum atomic E-state index is -0.394. The van der Waals surface area contributed by atoms with Crippen LogP contribution in [0.4, 0.5) is 4.79 Å². The van der Waals surface area contributed by atoms with Gasteiger partial charge in [-0.2, -0.15) is 0 Å². The molecule has 0 radical (unpaired) electrons. The number of hydrogen-bond donors (Lipinski definition) is 1. The topological polar surface area (TPSA) is 38.3 Å². The highest BCUT2D eigenvalue weighted by molar-refractivity contribution is 8.03. The molecule has 0 saturated carbocycles. The van der Waals surface area contributed by atoms with E-state index in [-0.39, 0.29) is 6.04 Å². The maximum absolute atomic E-state index is 12.3. The monoisotopic (exact) mass is 387 g/mol. The van der Waals surface area contributed by atoms with Gasteiger partial charge in [-0.15, -0.1) is 0 Å². The van der Waals surface area contributed by atoms with E-state index < -0.39 is 6.09 Å². The molecule has 1 amide bonds. The quantitative estimate of drug-likeness (QED) is 0.573. The molecule has 0 fully saturated rings. The van der Waals surface area contributed by atoms with Gasteiger partial charge in [-0.05, 0) is 30.5 Å². The van der Waals surface area contributed by atoms with E-state index in [0.29, 0.717) is 5.76 Å². The van der Waals surface area contributed by atoms with Gasteiger partial charge in [0, 0.05) is 10.5 Å². The van der Waals surface area contributed by atoms with Crippen molar-refractivity contribution >= 4 is 23.6 Å². The SMILES string of the molecule is O=C1N[C@@H](CCc2ccccc2)C(Sc2ccccc2)=C(c2ccccc2)O1. The molecule has 0 bridgehead atoms. The van der Waals surface area contributed by atoms with Crippen molar-refractivity contribution < 1.29 is 9.53 Å². The summed E-state index contributed by atoms with van der Waals surface area (Å²) in [5, 5.41) is 3.02. The van der Waals surface area contributed by atoms with E-state index in [1.54, 1.807) is 11.8 Å². The van der Waals surface area contributed by atoms with Gasteiger partial charge >= 0.3 is 6.09 Å². The van der Waals surface area contributed by atoms with E-state index in [2.05, 4.69) is 29.6 Å². The number of ether oxygens (including phenoxy) is 1. The molecule has 0 unspecified atom stereocenters. The van der Waals surface area contributed by atoms with Gasteiger partial charge in [0.15, 0.2) is 5.76 Å². The molecule has 3 aromatic rings. The van der Waals surface area contributed by atoms with E-state index in [0.717, 1.165) is 28.2 Å². The summed E-state index contributed by atoms with van der Waals surface area (Å²) in [5.41, 5.74) is 2.18. The first-order valence-corrected chi connectivity index (χ1v) is 10.2. The van der Waals surface area contributed by atoms with Crippen LogP contribution in [-0.4, -0.2) is 12.1 Å². The number of carbonyl (C=O) groups excluding carboxylic acids is 1. The van der Waals surface area contributed by atoms with Crippen LogP contribution in [0.2, 0.25) is 0 Å². The number of cyclic esters (lactones) is 1. The zero-order chi connectivity index (χ0) is 19.2. The first-order chi connectivity index (χ1) is 13.8. The van der Waals surface area contributed by atoms with Crippen molar-refractivity contribution in [1.29, 1.82) is 0 Å². The van der Waals surface area contributed by atoms with Gasteiger partial charge in [0.2, 0.25) is 0 Å². The normalized spacial score (nSPS) is 16.4. The predicted octanol–water partition coefficient (Wildman–Crippen LogP) is 5.89. The largest absolute Gasteiger partial charge is 0.413 e. The standard InChI is InChI=1S/C24H21NO2S/c26-24-25-21(17-16-18-10-4-1-5-11-18)23(28-20-14-8-3-9-15-20)22(27-24)19-12-6-2-7-13-19/h1-15,21H,16-17H2,(H,25,26)/t21-/m0/s1. The molecule has 4 heteroatoms. The van der Waals surface area contributed by atoms with Gasteiger partial charge in [-0.3, -0.25) is 0 Å². The lowest BCUT2D eigenvalue weighted by Crippen LogP contribution is -2.40. The molecule has 0 aliphatic carbocycles. The number of thioether (sulfide) groups is 1. The summed E-state index contributed by atoms with van der Waals surface area (Å²) in [6.45, 7) is 0. The van der Waals surface area contributed by atoms with Crippen LogP contribution in [0.1, 0.15) is 17.5 Å². The van der Waals surface area contributed by atoms with Crippen LogP contribution in [-0.2, 0) is 11.2 Å². The average Bonchev–Trinajstić information content (AvgIpc) is 2.75. The van der Waals surface area contributed by atoms with Crippen molar-refractivity contribution in [3.8, 4) is 0 Å². The zero-order valence-corrected chi connectivity index (χ0v) is 16.2. The minimum Gasteiger partial charge on any atom is -0.409 e. The second-order valence-electron chi connectivity index (χ2n) is 6.59. The number of aryl methyl sites for hydroxylation is 1. The third kappa shape index (κ3) is 4.46. The first-order valence-electron chi connectivity index (χ1n) is 9.34. The summed E-state index contributed by atoms with van der Waals surface area (Å²) in [5.74, 6) is 0.649. The molecule has 1 N–H and O–H groups in total. The fourth-order valence-corrected chi connectivity index (χ4v) is 4.34. The molecule has 4 rings (SSSR count). The first kappa shape index (κ1) is 18.4. The average molecular weight is 388 g/mol. The maximum Gasteiger partial charge on any atom is 0.413 e. The van der Waals surface area contributed by atoms with Crippen molar-refractivity contribution in [3.05, 3.63) is 107 Å². The van der Waals surface area contributed by atoms with Gasteiger partial charge < -0.3 is 10.1 Å². The van der Waals surface area contributed by atoms with Crippen LogP contribution in [0.25, 0.3) is 5.76 Å². The maximum atomic E-state index is 12.3. The second-order valence-corrected chi connectivity index (χ2v) is 7.70. The zero-order valence-electron chi connectivity index (χ0n) is 15.4. The molecule has 1 aliphatic rings. The van der Waals surface area contributed by atoms with E-state index in [1.807, 2.05) is 66.7 Å². The Morgan fingerprint density at radius 1 is 0.821 bits per heavy atom. The second kappa shape index (κ2) is 8.81. The summed E-state index contributed by atoms with van der Waals surface area (Å²) in [4.78, 5) is 14.4. The van der Waals surface area contributed by atoms with Crippen LogP contribution in [0.3, 0.4) is 0 Å². The highest BCUT2D eigenvalue weighted by atomic mass is 32.2. The van der Waals surface area contributed by atoms with Crippen molar-refractivity contribution in [3.63, 3.8) is 0 Å². The third-order valence-electron chi connectivity index (χ3n) is 4.60. The van der Waals surface area contributed by atoms with Crippen molar-refractivity contribution in [2.24, 2.45) is 0 Å². The number of alkyl carbamates (subject to hydrolysis) is 1. The summed E-state index contributed by atoms with van der Waals surface area (Å²) in [7, 11) is 0. The fraction of sp³-hybridized carbons (Fsp3) is 0.125. The van der Waals surface area contributed by atoms with E-state index >= 15 is 0 Å². The Morgan fingerprint density at radius 3 is 2.11 bits per heavy atom. The predicted molar refractivity (Wildman–Crippen MR) is 114 cm³/mol. The number of amides is 1. The third-order valence-corrected chi connectivity index (χ3v) is 5.80. The number of rotatable bonds is 6. The Kier molecular flexibility index (Phi) is 5.78. The molecule has 140 valence electrons. The highest BCUT2D eigenvalue weighted by Crippen LogP contribution is 2.39. The number of benzene rings is 3. The fourth-order valence-electron chi connectivity index (χ4n) is 3.22. The van der Waals surface area contributed by atoms with Gasteiger partial charge in [0.25, 0.3) is 0 Å². The summed E-state index contributed by atoms with van der Waals surface area (Å²) < 4.78 is 5.65. The molecule has 0 saturated heterocycles. The van der Waals surface area contributed by atoms with Crippen LogP contribution >= 0.6 is 11.8 Å². The molecule has 1 heterocycles. The smallest absolute Gasteiger partial charge is 0.409 e. The lowest BCUT2D eigenvalue weighted by Gasteiger charge is -2.29. The molecule has 3 aromatic carbocycles. The lowest BCUT2D eigenvalue weighted by atomic mass is 10.0. The van der Waals surface area contributed by atoms with Crippen molar-refractivity contribution in [1.82, 2.24) is 5.32 Å². The van der Waals surface area contributed by atoms with Gasteiger partial charge in [-0.25, -0.2) is 4.79 Å². The summed E-state index contributed by atoms with van der Waals surface area (Å²) in [6.07, 6.45) is 1.30. The van der Waals surface area contributed by atoms with Crippen LogP contribution < -0.4 is 5.32 Å². The van der Waals surface area contributed by atoms with Gasteiger partial charge in [0.05, 0.1) is 10.9 Å². The Balaban J connectivity index is 1.68.